The van der Waals surface area contributed by atoms with Crippen molar-refractivity contribution in [3.63, 3.8) is 0 Å². The molecule has 0 aliphatic rings. The number of aliphatic hydroxyl groups is 1. The van der Waals surface area contributed by atoms with Crippen LogP contribution in [0.2, 0.25) is 0 Å². The summed E-state index contributed by atoms with van der Waals surface area (Å²) in [4.78, 5) is 14.0. The normalized spacial score (nSPS) is 12.4. The molecule has 0 aliphatic heterocycles. The average Bonchev–Trinajstić information content (AvgIpc) is 2.65. The van der Waals surface area contributed by atoms with E-state index in [1.165, 1.54) is 9.75 Å². The molecule has 4 heteroatoms. The van der Waals surface area contributed by atoms with Crippen molar-refractivity contribution >= 4 is 17.2 Å². The highest BCUT2D eigenvalue weighted by Crippen LogP contribution is 2.22. The van der Waals surface area contributed by atoms with Gasteiger partial charge in [-0.15, -0.1) is 11.3 Å². The Morgan fingerprint density at radius 3 is 2.81 bits per heavy atom. The summed E-state index contributed by atoms with van der Waals surface area (Å²) in [5.41, 5.74) is 0. The van der Waals surface area contributed by atoms with Crippen LogP contribution >= 0.6 is 11.3 Å². The fourth-order valence-electron chi connectivity index (χ4n) is 1.47. The number of aryl methyl sites for hydroxylation is 1. The Morgan fingerprint density at radius 2 is 2.25 bits per heavy atom. The lowest BCUT2D eigenvalue weighted by Gasteiger charge is -2.11. The molecule has 16 heavy (non-hydrogen) atoms. The van der Waals surface area contributed by atoms with Crippen LogP contribution in [-0.2, 0) is 4.79 Å². The minimum Gasteiger partial charge on any atom is -0.396 e. The highest BCUT2D eigenvalue weighted by Gasteiger charge is 2.10. The Morgan fingerprint density at radius 1 is 1.50 bits per heavy atom. The molecule has 3 nitrogen and oxygen atoms in total. The Labute approximate surface area is 100 Å². The maximum absolute atomic E-state index is 11.5. The molecule has 90 valence electrons. The zero-order valence-electron chi connectivity index (χ0n) is 9.82. The standard InChI is InChI=1S/C12H19NO2S/c1-9-6-7-11(16-9)10(2)13-12(15)5-3-4-8-14/h6-7,10,14H,3-5,8H2,1-2H3,(H,13,15). The summed E-state index contributed by atoms with van der Waals surface area (Å²) in [5, 5.41) is 11.6. The van der Waals surface area contributed by atoms with E-state index in [0.717, 1.165) is 6.42 Å². The van der Waals surface area contributed by atoms with Crippen LogP contribution in [0.4, 0.5) is 0 Å². The summed E-state index contributed by atoms with van der Waals surface area (Å²) in [6.07, 6.45) is 1.94. The van der Waals surface area contributed by atoms with Gasteiger partial charge in [0.15, 0.2) is 0 Å². The Balaban J connectivity index is 2.33. The SMILES string of the molecule is Cc1ccc(C(C)NC(=O)CCCCO)s1. The number of carbonyl (C=O) groups is 1. The van der Waals surface area contributed by atoms with Crippen LogP contribution in [-0.4, -0.2) is 17.6 Å². The molecule has 0 fully saturated rings. The van der Waals surface area contributed by atoms with Gasteiger partial charge in [-0.05, 0) is 38.8 Å². The first kappa shape index (κ1) is 13.2. The third-order valence-electron chi connectivity index (χ3n) is 2.38. The second kappa shape index (κ2) is 6.66. The van der Waals surface area contributed by atoms with Crippen molar-refractivity contribution in [3.8, 4) is 0 Å². The Kier molecular flexibility index (Phi) is 5.49. The third-order valence-corrected chi connectivity index (χ3v) is 3.56. The number of hydrogen-bond donors (Lipinski definition) is 2. The first-order valence-electron chi connectivity index (χ1n) is 5.60. The van der Waals surface area contributed by atoms with E-state index in [0.29, 0.717) is 12.8 Å². The summed E-state index contributed by atoms with van der Waals surface area (Å²) >= 11 is 1.71. The van der Waals surface area contributed by atoms with E-state index >= 15 is 0 Å². The Hall–Kier alpha value is -0.870. The molecular weight excluding hydrogens is 222 g/mol. The molecule has 0 saturated heterocycles. The van der Waals surface area contributed by atoms with Gasteiger partial charge >= 0.3 is 0 Å². The van der Waals surface area contributed by atoms with E-state index in [1.807, 2.05) is 6.92 Å². The van der Waals surface area contributed by atoms with Crippen molar-refractivity contribution < 1.29 is 9.90 Å². The molecule has 0 spiro atoms. The predicted octanol–water partition coefficient (Wildman–Crippen LogP) is 2.40. The summed E-state index contributed by atoms with van der Waals surface area (Å²) in [5.74, 6) is 0.0620. The van der Waals surface area contributed by atoms with Crippen molar-refractivity contribution in [2.45, 2.75) is 39.2 Å². The molecule has 1 atom stereocenters. The molecule has 1 amide bonds. The highest BCUT2D eigenvalue weighted by atomic mass is 32.1. The maximum atomic E-state index is 11.5. The van der Waals surface area contributed by atoms with E-state index in [-0.39, 0.29) is 18.6 Å². The van der Waals surface area contributed by atoms with Crippen LogP contribution in [0.25, 0.3) is 0 Å². The van der Waals surface area contributed by atoms with E-state index in [2.05, 4.69) is 24.4 Å². The van der Waals surface area contributed by atoms with Crippen LogP contribution < -0.4 is 5.32 Å². The van der Waals surface area contributed by atoms with Crippen LogP contribution in [0, 0.1) is 6.92 Å². The first-order chi connectivity index (χ1) is 7.63. The van der Waals surface area contributed by atoms with E-state index < -0.39 is 0 Å². The van der Waals surface area contributed by atoms with Gasteiger partial charge in [0.25, 0.3) is 0 Å². The van der Waals surface area contributed by atoms with Gasteiger partial charge in [-0.1, -0.05) is 0 Å². The van der Waals surface area contributed by atoms with Crippen LogP contribution in [0.1, 0.15) is 42.0 Å². The van der Waals surface area contributed by atoms with Crippen LogP contribution in [0.3, 0.4) is 0 Å². The summed E-state index contributed by atoms with van der Waals surface area (Å²) in [6.45, 7) is 4.21. The average molecular weight is 241 g/mol. The Bertz CT molecular complexity index is 336. The molecule has 0 saturated carbocycles. The molecule has 1 rings (SSSR count). The van der Waals surface area contributed by atoms with Gasteiger partial charge in [0, 0.05) is 22.8 Å². The maximum Gasteiger partial charge on any atom is 0.220 e. The largest absolute Gasteiger partial charge is 0.396 e. The highest BCUT2D eigenvalue weighted by molar-refractivity contribution is 7.12. The first-order valence-corrected chi connectivity index (χ1v) is 6.41. The number of hydrogen-bond acceptors (Lipinski definition) is 3. The lowest BCUT2D eigenvalue weighted by atomic mass is 10.2. The topological polar surface area (TPSA) is 49.3 Å². The van der Waals surface area contributed by atoms with Crippen LogP contribution in [0.15, 0.2) is 12.1 Å². The van der Waals surface area contributed by atoms with Gasteiger partial charge in [0.1, 0.15) is 0 Å². The van der Waals surface area contributed by atoms with Crippen molar-refractivity contribution in [1.82, 2.24) is 5.32 Å². The summed E-state index contributed by atoms with van der Waals surface area (Å²) in [6, 6.07) is 4.20. The van der Waals surface area contributed by atoms with Crippen molar-refractivity contribution in [2.75, 3.05) is 6.61 Å². The van der Waals surface area contributed by atoms with Crippen molar-refractivity contribution in [2.24, 2.45) is 0 Å². The molecule has 0 bridgehead atoms. The zero-order valence-corrected chi connectivity index (χ0v) is 10.6. The van der Waals surface area contributed by atoms with Crippen molar-refractivity contribution in [3.05, 3.63) is 21.9 Å². The van der Waals surface area contributed by atoms with E-state index in [9.17, 15) is 4.79 Å². The number of unbranched alkanes of at least 4 members (excludes halogenated alkanes) is 1. The molecule has 2 N–H and O–H groups in total. The van der Waals surface area contributed by atoms with Gasteiger partial charge in [-0.3, -0.25) is 4.79 Å². The molecule has 0 radical (unpaired) electrons. The minimum absolute atomic E-state index is 0.0620. The van der Waals surface area contributed by atoms with Gasteiger partial charge in [0.2, 0.25) is 5.91 Å². The number of carbonyl (C=O) groups excluding carboxylic acids is 1. The fraction of sp³-hybridized carbons (Fsp3) is 0.583. The van der Waals surface area contributed by atoms with E-state index in [4.69, 9.17) is 5.11 Å². The monoisotopic (exact) mass is 241 g/mol. The zero-order chi connectivity index (χ0) is 12.0. The number of nitrogens with one attached hydrogen (secondary N) is 1. The predicted molar refractivity (Wildman–Crippen MR) is 66.6 cm³/mol. The van der Waals surface area contributed by atoms with E-state index in [1.54, 1.807) is 11.3 Å². The second-order valence-electron chi connectivity index (χ2n) is 3.92. The number of rotatable bonds is 6. The quantitative estimate of drug-likeness (QED) is 0.751. The third kappa shape index (κ3) is 4.33. The second-order valence-corrected chi connectivity index (χ2v) is 5.24. The summed E-state index contributed by atoms with van der Waals surface area (Å²) < 4.78 is 0. The molecule has 1 heterocycles. The smallest absolute Gasteiger partial charge is 0.220 e. The van der Waals surface area contributed by atoms with Crippen molar-refractivity contribution in [1.29, 1.82) is 0 Å². The molecular formula is C12H19NO2S. The number of amides is 1. The van der Waals surface area contributed by atoms with Crippen LogP contribution in [0.5, 0.6) is 0 Å². The molecule has 1 unspecified atom stereocenters. The van der Waals surface area contributed by atoms with Gasteiger partial charge in [0.05, 0.1) is 6.04 Å². The molecule has 1 aromatic rings. The minimum atomic E-state index is 0.0620. The molecule has 1 aromatic heterocycles. The van der Waals surface area contributed by atoms with Gasteiger partial charge in [-0.2, -0.15) is 0 Å². The molecule has 0 aromatic carbocycles. The van der Waals surface area contributed by atoms with Gasteiger partial charge < -0.3 is 10.4 Å². The van der Waals surface area contributed by atoms with Gasteiger partial charge in [-0.25, -0.2) is 0 Å². The number of aliphatic hydroxyl groups excluding tert-OH is 1. The number of thiophene rings is 1. The lowest BCUT2D eigenvalue weighted by Crippen LogP contribution is -2.25. The summed E-state index contributed by atoms with van der Waals surface area (Å²) in [7, 11) is 0. The molecule has 0 aliphatic carbocycles. The lowest BCUT2D eigenvalue weighted by molar-refractivity contribution is -0.121. The fourth-order valence-corrected chi connectivity index (χ4v) is 2.35.